The number of aliphatic carboxylic acids is 2. The fourth-order valence-corrected chi connectivity index (χ4v) is 2.25. The van der Waals surface area contributed by atoms with E-state index >= 15 is 0 Å². The van der Waals surface area contributed by atoms with Crippen LogP contribution in [0.5, 0.6) is 5.75 Å². The quantitative estimate of drug-likeness (QED) is 0.630. The molecule has 1 aliphatic heterocycles. The van der Waals surface area contributed by atoms with Gasteiger partial charge in [-0.25, -0.2) is 4.79 Å². The van der Waals surface area contributed by atoms with Gasteiger partial charge in [0.1, 0.15) is 11.8 Å². The number of benzene rings is 1. The lowest BCUT2D eigenvalue weighted by atomic mass is 10.2. The van der Waals surface area contributed by atoms with Gasteiger partial charge in [0.15, 0.2) is 6.61 Å². The third-order valence-corrected chi connectivity index (χ3v) is 3.38. The molecule has 9 nitrogen and oxygen atoms in total. The van der Waals surface area contributed by atoms with Gasteiger partial charge in [-0.15, -0.1) is 0 Å². The van der Waals surface area contributed by atoms with Crippen LogP contribution in [0.4, 0.5) is 5.69 Å². The zero-order valence-electron chi connectivity index (χ0n) is 12.6. The van der Waals surface area contributed by atoms with Crippen molar-refractivity contribution in [2.75, 3.05) is 18.1 Å². The molecular formula is C15H16N2O7. The normalized spacial score (nSPS) is 14.3. The van der Waals surface area contributed by atoms with Crippen molar-refractivity contribution in [3.8, 4) is 5.75 Å². The molecule has 1 aromatic rings. The van der Waals surface area contributed by atoms with Crippen LogP contribution in [0.1, 0.15) is 12.8 Å². The van der Waals surface area contributed by atoms with Gasteiger partial charge < -0.3 is 25.2 Å². The monoisotopic (exact) mass is 336 g/mol. The minimum Gasteiger partial charge on any atom is -0.482 e. The highest BCUT2D eigenvalue weighted by Gasteiger charge is 2.27. The van der Waals surface area contributed by atoms with Crippen molar-refractivity contribution in [2.24, 2.45) is 0 Å². The van der Waals surface area contributed by atoms with Crippen LogP contribution < -0.4 is 15.0 Å². The number of hydrogen-bond donors (Lipinski definition) is 3. The molecule has 0 saturated heterocycles. The summed E-state index contributed by atoms with van der Waals surface area (Å²) >= 11 is 0. The molecule has 1 aromatic carbocycles. The highest BCUT2D eigenvalue weighted by Crippen LogP contribution is 2.31. The van der Waals surface area contributed by atoms with Crippen LogP contribution in [0.25, 0.3) is 0 Å². The van der Waals surface area contributed by atoms with Crippen LogP contribution in [0.2, 0.25) is 0 Å². The van der Waals surface area contributed by atoms with Gasteiger partial charge in [-0.2, -0.15) is 0 Å². The Morgan fingerprint density at radius 1 is 1.25 bits per heavy atom. The summed E-state index contributed by atoms with van der Waals surface area (Å²) in [5.41, 5.74) is 0.530. The molecule has 0 saturated carbocycles. The maximum atomic E-state index is 11.9. The van der Waals surface area contributed by atoms with Gasteiger partial charge in [0, 0.05) is 13.0 Å². The second kappa shape index (κ2) is 7.44. The molecule has 2 amide bonds. The summed E-state index contributed by atoms with van der Waals surface area (Å²) in [5.74, 6) is -3.22. The number of nitrogens with zero attached hydrogens (tertiary/aromatic N) is 1. The lowest BCUT2D eigenvalue weighted by molar-refractivity contribution is -0.147. The zero-order chi connectivity index (χ0) is 17.7. The van der Waals surface area contributed by atoms with Gasteiger partial charge in [0.2, 0.25) is 5.91 Å². The van der Waals surface area contributed by atoms with Crippen molar-refractivity contribution in [2.45, 2.75) is 18.9 Å². The van der Waals surface area contributed by atoms with Crippen molar-refractivity contribution >= 4 is 29.4 Å². The SMILES string of the molecule is O=C(O)CC(NC(=O)CCN1C(=O)COc2ccccc21)C(=O)O. The zero-order valence-corrected chi connectivity index (χ0v) is 12.6. The van der Waals surface area contributed by atoms with E-state index in [2.05, 4.69) is 5.32 Å². The number of amides is 2. The summed E-state index contributed by atoms with van der Waals surface area (Å²) in [5, 5.41) is 19.7. The van der Waals surface area contributed by atoms with E-state index in [0.29, 0.717) is 11.4 Å². The van der Waals surface area contributed by atoms with Gasteiger partial charge in [-0.1, -0.05) is 12.1 Å². The van der Waals surface area contributed by atoms with Crippen molar-refractivity contribution in [1.29, 1.82) is 0 Å². The fourth-order valence-electron chi connectivity index (χ4n) is 2.25. The van der Waals surface area contributed by atoms with E-state index < -0.39 is 30.3 Å². The minimum atomic E-state index is -1.51. The van der Waals surface area contributed by atoms with Crippen molar-refractivity contribution in [3.05, 3.63) is 24.3 Å². The maximum absolute atomic E-state index is 11.9. The molecule has 0 spiro atoms. The first-order valence-corrected chi connectivity index (χ1v) is 7.14. The first kappa shape index (κ1) is 17.3. The van der Waals surface area contributed by atoms with Crippen LogP contribution in [0, 0.1) is 0 Å². The molecule has 128 valence electrons. The van der Waals surface area contributed by atoms with E-state index in [-0.39, 0.29) is 25.5 Å². The third-order valence-electron chi connectivity index (χ3n) is 3.38. The Morgan fingerprint density at radius 2 is 1.96 bits per heavy atom. The first-order valence-electron chi connectivity index (χ1n) is 7.14. The molecule has 0 radical (unpaired) electrons. The Bertz CT molecular complexity index is 674. The fraction of sp³-hybridized carbons (Fsp3) is 0.333. The average Bonchev–Trinajstić information content (AvgIpc) is 2.52. The van der Waals surface area contributed by atoms with Crippen molar-refractivity contribution in [1.82, 2.24) is 5.32 Å². The molecule has 0 bridgehead atoms. The van der Waals surface area contributed by atoms with E-state index in [1.54, 1.807) is 24.3 Å². The van der Waals surface area contributed by atoms with Gasteiger partial charge in [0.05, 0.1) is 12.1 Å². The summed E-state index contributed by atoms with van der Waals surface area (Å²) < 4.78 is 5.28. The standard InChI is InChI=1S/C15H16N2O7/c18-12(16-9(15(22)23)7-14(20)21)5-6-17-10-3-1-2-4-11(10)24-8-13(17)19/h1-4,9H,5-8H2,(H,16,18)(H,20,21)(H,22,23). The molecule has 3 N–H and O–H groups in total. The van der Waals surface area contributed by atoms with Crippen LogP contribution in [-0.2, 0) is 19.2 Å². The van der Waals surface area contributed by atoms with E-state index in [0.717, 1.165) is 0 Å². The number of nitrogens with one attached hydrogen (secondary N) is 1. The summed E-state index contributed by atoms with van der Waals surface area (Å²) in [7, 11) is 0. The second-order valence-corrected chi connectivity index (χ2v) is 5.11. The van der Waals surface area contributed by atoms with Gasteiger partial charge in [0.25, 0.3) is 5.91 Å². The van der Waals surface area contributed by atoms with E-state index in [1.807, 2.05) is 0 Å². The first-order chi connectivity index (χ1) is 11.4. The molecule has 1 unspecified atom stereocenters. The number of fused-ring (bicyclic) bond motifs is 1. The number of rotatable bonds is 7. The number of hydrogen-bond acceptors (Lipinski definition) is 5. The lowest BCUT2D eigenvalue weighted by Gasteiger charge is -2.29. The van der Waals surface area contributed by atoms with Gasteiger partial charge in [-0.05, 0) is 12.1 Å². The highest BCUT2D eigenvalue weighted by atomic mass is 16.5. The molecular weight excluding hydrogens is 320 g/mol. The lowest BCUT2D eigenvalue weighted by Crippen LogP contribution is -2.45. The van der Waals surface area contributed by atoms with Gasteiger partial charge >= 0.3 is 11.9 Å². The molecule has 0 fully saturated rings. The molecule has 0 aromatic heterocycles. The number of carboxylic acid groups (broad SMARTS) is 2. The smallest absolute Gasteiger partial charge is 0.326 e. The highest BCUT2D eigenvalue weighted by molar-refractivity contribution is 5.98. The maximum Gasteiger partial charge on any atom is 0.326 e. The topological polar surface area (TPSA) is 133 Å². The van der Waals surface area contributed by atoms with Crippen LogP contribution in [0.3, 0.4) is 0 Å². The molecule has 1 aliphatic rings. The molecule has 9 heteroatoms. The van der Waals surface area contributed by atoms with Crippen molar-refractivity contribution in [3.63, 3.8) is 0 Å². The molecule has 2 rings (SSSR count). The summed E-state index contributed by atoms with van der Waals surface area (Å²) in [6.07, 6.45) is -0.885. The number of para-hydroxylation sites is 2. The predicted octanol–water partition coefficient (Wildman–Crippen LogP) is -0.154. The Morgan fingerprint density at radius 3 is 2.62 bits per heavy atom. The number of ether oxygens (including phenoxy) is 1. The average molecular weight is 336 g/mol. The molecule has 0 aliphatic carbocycles. The van der Waals surface area contributed by atoms with Crippen molar-refractivity contribution < 1.29 is 34.1 Å². The molecule has 1 heterocycles. The number of carbonyl (C=O) groups is 4. The van der Waals surface area contributed by atoms with Crippen LogP contribution in [0.15, 0.2) is 24.3 Å². The Hall–Kier alpha value is -3.10. The molecule has 24 heavy (non-hydrogen) atoms. The predicted molar refractivity (Wildman–Crippen MR) is 80.7 cm³/mol. The summed E-state index contributed by atoms with van der Waals surface area (Å²) in [6, 6.07) is 5.34. The summed E-state index contributed by atoms with van der Waals surface area (Å²) in [6.45, 7) is -0.111. The Labute approximate surface area is 136 Å². The Kier molecular flexibility index (Phi) is 5.35. The number of anilines is 1. The minimum absolute atomic E-state index is 0.0322. The van der Waals surface area contributed by atoms with Crippen LogP contribution in [-0.4, -0.2) is 53.2 Å². The van der Waals surface area contributed by atoms with E-state index in [1.165, 1.54) is 4.90 Å². The van der Waals surface area contributed by atoms with E-state index in [4.69, 9.17) is 14.9 Å². The van der Waals surface area contributed by atoms with E-state index in [9.17, 15) is 19.2 Å². The Balaban J connectivity index is 1.97. The molecule has 1 atom stereocenters. The third kappa shape index (κ3) is 4.22. The van der Waals surface area contributed by atoms with Crippen LogP contribution >= 0.6 is 0 Å². The number of carboxylic acids is 2. The summed E-state index contributed by atoms with van der Waals surface area (Å²) in [4.78, 5) is 46.7. The number of carbonyl (C=O) groups excluding carboxylic acids is 2. The van der Waals surface area contributed by atoms with Gasteiger partial charge in [-0.3, -0.25) is 14.4 Å². The largest absolute Gasteiger partial charge is 0.482 e. The second-order valence-electron chi connectivity index (χ2n) is 5.11.